The Bertz CT molecular complexity index is 2470. The lowest BCUT2D eigenvalue weighted by molar-refractivity contribution is 1.02. The molecule has 0 saturated carbocycles. The predicted molar refractivity (Wildman–Crippen MR) is 175 cm³/mol. The van der Waals surface area contributed by atoms with Gasteiger partial charge in [0, 0.05) is 45.2 Å². The number of nitrogens with zero attached hydrogens (tertiary/aromatic N) is 2. The highest BCUT2D eigenvalue weighted by atomic mass is 15.0. The normalized spacial score (nSPS) is 12.0. The van der Waals surface area contributed by atoms with Crippen LogP contribution >= 0.6 is 0 Å². The molecule has 0 aliphatic rings. The quantitative estimate of drug-likeness (QED) is 0.200. The number of hydrogen-bond donors (Lipinski definition) is 0. The zero-order chi connectivity index (χ0) is 27.1. The summed E-state index contributed by atoms with van der Waals surface area (Å²) in [7, 11) is 2.23. The van der Waals surface area contributed by atoms with Crippen molar-refractivity contribution in [3.8, 4) is 16.8 Å². The van der Waals surface area contributed by atoms with Gasteiger partial charge in [0.1, 0.15) is 0 Å². The molecule has 192 valence electrons. The molecule has 0 atom stereocenters. The first-order valence-corrected chi connectivity index (χ1v) is 14.2. The molecule has 0 unspecified atom stereocenters. The zero-order valence-corrected chi connectivity index (χ0v) is 22.7. The smallest absolute Gasteiger partial charge is 0.0575 e. The Labute approximate surface area is 237 Å². The van der Waals surface area contributed by atoms with Crippen molar-refractivity contribution < 1.29 is 0 Å². The summed E-state index contributed by atoms with van der Waals surface area (Å²) < 4.78 is 4.82. The Balaban J connectivity index is 1.41. The maximum Gasteiger partial charge on any atom is 0.0575 e. The number of benzene rings is 7. The minimum Gasteiger partial charge on any atom is -0.343 e. The largest absolute Gasteiger partial charge is 0.343 e. The van der Waals surface area contributed by atoms with E-state index >= 15 is 0 Å². The van der Waals surface area contributed by atoms with E-state index < -0.39 is 0 Å². The molecule has 2 aromatic heterocycles. The van der Waals surface area contributed by atoms with E-state index in [4.69, 9.17) is 0 Å². The van der Waals surface area contributed by atoms with Crippen LogP contribution in [0.2, 0.25) is 0 Å². The lowest BCUT2D eigenvalue weighted by Gasteiger charge is -2.11. The van der Waals surface area contributed by atoms with Crippen LogP contribution in [0.4, 0.5) is 0 Å². The fourth-order valence-electron chi connectivity index (χ4n) is 7.19. The van der Waals surface area contributed by atoms with Gasteiger partial charge in [0.25, 0.3) is 0 Å². The van der Waals surface area contributed by atoms with E-state index in [-0.39, 0.29) is 0 Å². The number of aryl methyl sites for hydroxylation is 1. The van der Waals surface area contributed by atoms with Crippen molar-refractivity contribution >= 4 is 65.2 Å². The second-order valence-corrected chi connectivity index (χ2v) is 11.0. The number of para-hydroxylation sites is 3. The Hall–Kier alpha value is -5.34. The van der Waals surface area contributed by atoms with Crippen molar-refractivity contribution in [1.82, 2.24) is 9.13 Å². The van der Waals surface area contributed by atoms with E-state index in [1.807, 2.05) is 0 Å². The van der Waals surface area contributed by atoms with Crippen molar-refractivity contribution in [3.05, 3.63) is 140 Å². The van der Waals surface area contributed by atoms with E-state index in [2.05, 4.69) is 156 Å². The highest BCUT2D eigenvalue weighted by molar-refractivity contribution is 6.32. The summed E-state index contributed by atoms with van der Waals surface area (Å²) in [4.78, 5) is 0. The molecule has 0 aliphatic heterocycles. The van der Waals surface area contributed by atoms with Gasteiger partial charge in [0.05, 0.1) is 22.1 Å². The van der Waals surface area contributed by atoms with E-state index in [1.54, 1.807) is 0 Å². The first kappa shape index (κ1) is 22.5. The predicted octanol–water partition coefficient (Wildman–Crippen LogP) is 10.4. The molecular formula is C39H26N2. The molecule has 9 aromatic rings. The lowest BCUT2D eigenvalue weighted by atomic mass is 9.96. The fraction of sp³-hybridized carbons (Fsp3) is 0.0256. The van der Waals surface area contributed by atoms with Crippen molar-refractivity contribution in [2.45, 2.75) is 0 Å². The van der Waals surface area contributed by atoms with Crippen molar-refractivity contribution in [3.63, 3.8) is 0 Å². The summed E-state index contributed by atoms with van der Waals surface area (Å²) in [5.74, 6) is 0. The summed E-state index contributed by atoms with van der Waals surface area (Å²) in [5, 5.41) is 10.4. The molecular weight excluding hydrogens is 496 g/mol. The maximum atomic E-state index is 2.42. The summed E-state index contributed by atoms with van der Waals surface area (Å²) in [6.45, 7) is 0. The second-order valence-electron chi connectivity index (χ2n) is 11.0. The number of aromatic nitrogens is 2. The molecule has 0 spiro atoms. The Morgan fingerprint density at radius 3 is 1.83 bits per heavy atom. The van der Waals surface area contributed by atoms with Crippen LogP contribution in [0.3, 0.4) is 0 Å². The lowest BCUT2D eigenvalue weighted by Crippen LogP contribution is -1.94. The van der Waals surface area contributed by atoms with Gasteiger partial charge in [0.15, 0.2) is 0 Å². The molecule has 0 amide bonds. The molecule has 0 bridgehead atoms. The molecule has 0 fully saturated rings. The van der Waals surface area contributed by atoms with Crippen molar-refractivity contribution in [1.29, 1.82) is 0 Å². The monoisotopic (exact) mass is 522 g/mol. The van der Waals surface area contributed by atoms with Gasteiger partial charge in [-0.1, -0.05) is 115 Å². The van der Waals surface area contributed by atoms with Gasteiger partial charge in [-0.15, -0.1) is 0 Å². The van der Waals surface area contributed by atoms with Crippen LogP contribution < -0.4 is 0 Å². The third kappa shape index (κ3) is 3.02. The van der Waals surface area contributed by atoms with Crippen molar-refractivity contribution in [2.24, 2.45) is 7.05 Å². The minimum atomic E-state index is 1.18. The topological polar surface area (TPSA) is 9.86 Å². The van der Waals surface area contributed by atoms with Gasteiger partial charge in [-0.25, -0.2) is 0 Å². The summed E-state index contributed by atoms with van der Waals surface area (Å²) >= 11 is 0. The van der Waals surface area contributed by atoms with Gasteiger partial charge in [-0.3, -0.25) is 0 Å². The van der Waals surface area contributed by atoms with Gasteiger partial charge in [0.2, 0.25) is 0 Å². The molecule has 7 aromatic carbocycles. The van der Waals surface area contributed by atoms with Crippen LogP contribution in [0.1, 0.15) is 0 Å². The Morgan fingerprint density at radius 2 is 1.02 bits per heavy atom. The molecule has 9 rings (SSSR count). The van der Waals surface area contributed by atoms with Gasteiger partial charge in [-0.2, -0.15) is 0 Å². The van der Waals surface area contributed by atoms with Crippen LogP contribution in [0.15, 0.2) is 140 Å². The van der Waals surface area contributed by atoms with E-state index in [1.165, 1.54) is 82.0 Å². The molecule has 2 nitrogen and oxygen atoms in total. The molecule has 2 heteroatoms. The fourth-order valence-corrected chi connectivity index (χ4v) is 7.19. The van der Waals surface area contributed by atoms with Gasteiger partial charge >= 0.3 is 0 Å². The third-order valence-electron chi connectivity index (χ3n) is 8.88. The SMILES string of the molecule is Cn1c2c(-c3ccc4c5ccccc5n(-c5ccccc5)c4c3)cccc2c2c3ccccc3c3ccccc3c21. The van der Waals surface area contributed by atoms with E-state index in [0.717, 1.165) is 0 Å². The number of hydrogen-bond acceptors (Lipinski definition) is 0. The molecule has 0 saturated heterocycles. The Kier molecular flexibility index (Phi) is 4.57. The standard InChI is InChI=1S/C39H26N2/c1-40-38-27(19-11-20-34(38)37-32-17-7-5-14-28(32)29-15-6-8-18-33(29)39(37)40)25-22-23-31-30-16-9-10-21-35(30)41(36(31)24-25)26-12-3-2-4-13-26/h2-24H,1H3. The van der Waals surface area contributed by atoms with Gasteiger partial charge < -0.3 is 9.13 Å². The van der Waals surface area contributed by atoms with Crippen LogP contribution in [0.25, 0.3) is 82.0 Å². The average molecular weight is 523 g/mol. The summed E-state index contributed by atoms with van der Waals surface area (Å²) in [5.41, 5.74) is 8.67. The summed E-state index contributed by atoms with van der Waals surface area (Å²) in [6.07, 6.45) is 0. The summed E-state index contributed by atoms with van der Waals surface area (Å²) in [6, 6.07) is 50.9. The number of rotatable bonds is 2. The highest BCUT2D eigenvalue weighted by Gasteiger charge is 2.19. The molecule has 0 N–H and O–H groups in total. The molecule has 0 aliphatic carbocycles. The first-order valence-electron chi connectivity index (χ1n) is 14.2. The second kappa shape index (κ2) is 8.33. The zero-order valence-electron chi connectivity index (χ0n) is 22.7. The highest BCUT2D eigenvalue weighted by Crippen LogP contribution is 2.43. The molecule has 0 radical (unpaired) electrons. The number of fused-ring (bicyclic) bond motifs is 11. The van der Waals surface area contributed by atoms with Crippen molar-refractivity contribution in [2.75, 3.05) is 0 Å². The maximum absolute atomic E-state index is 2.42. The Morgan fingerprint density at radius 1 is 0.415 bits per heavy atom. The van der Waals surface area contributed by atoms with Crippen LogP contribution in [-0.4, -0.2) is 9.13 Å². The first-order chi connectivity index (χ1) is 20.3. The van der Waals surface area contributed by atoms with E-state index in [0.29, 0.717) is 0 Å². The van der Waals surface area contributed by atoms with Gasteiger partial charge in [-0.05, 0) is 46.0 Å². The van der Waals surface area contributed by atoms with Crippen LogP contribution in [-0.2, 0) is 7.05 Å². The molecule has 41 heavy (non-hydrogen) atoms. The average Bonchev–Trinajstić information content (AvgIpc) is 3.53. The van der Waals surface area contributed by atoms with Crippen LogP contribution in [0, 0.1) is 0 Å². The van der Waals surface area contributed by atoms with Crippen LogP contribution in [0.5, 0.6) is 0 Å². The molecule has 2 heterocycles. The third-order valence-corrected chi connectivity index (χ3v) is 8.88. The minimum absolute atomic E-state index is 1.18. The van der Waals surface area contributed by atoms with E-state index in [9.17, 15) is 0 Å².